The van der Waals surface area contributed by atoms with Crippen molar-refractivity contribution in [3.05, 3.63) is 35.9 Å². The molecule has 20 heavy (non-hydrogen) atoms. The number of benzene rings is 1. The van der Waals surface area contributed by atoms with Crippen LogP contribution in [-0.4, -0.2) is 28.9 Å². The van der Waals surface area contributed by atoms with Crippen LogP contribution in [0.25, 0.3) is 0 Å². The van der Waals surface area contributed by atoms with Crippen LogP contribution >= 0.6 is 0 Å². The molecule has 2 atom stereocenters. The molecule has 1 aromatic rings. The van der Waals surface area contributed by atoms with Gasteiger partial charge in [-0.05, 0) is 12.0 Å². The quantitative estimate of drug-likeness (QED) is 0.733. The normalized spacial score (nSPS) is 19.2. The Bertz CT molecular complexity index is 515. The minimum absolute atomic E-state index is 0.153. The summed E-state index contributed by atoms with van der Waals surface area (Å²) in [7, 11) is 0. The summed E-state index contributed by atoms with van der Waals surface area (Å²) < 4.78 is 0. The van der Waals surface area contributed by atoms with E-state index >= 15 is 0 Å². The number of hydrogen-bond acceptors (Lipinski definition) is 3. The van der Waals surface area contributed by atoms with Crippen LogP contribution in [-0.2, 0) is 14.4 Å². The van der Waals surface area contributed by atoms with Crippen molar-refractivity contribution in [3.8, 4) is 0 Å². The molecular formula is C14H16N2O4. The Morgan fingerprint density at radius 1 is 1.35 bits per heavy atom. The van der Waals surface area contributed by atoms with Crippen molar-refractivity contribution in [1.29, 1.82) is 0 Å². The van der Waals surface area contributed by atoms with Crippen molar-refractivity contribution in [2.75, 3.05) is 0 Å². The van der Waals surface area contributed by atoms with Crippen LogP contribution in [0, 0.1) is 0 Å². The number of carbonyl (C=O) groups is 3. The summed E-state index contributed by atoms with van der Waals surface area (Å²) in [5, 5.41) is 14.2. The van der Waals surface area contributed by atoms with Gasteiger partial charge in [0.2, 0.25) is 11.8 Å². The molecule has 0 aliphatic carbocycles. The van der Waals surface area contributed by atoms with Gasteiger partial charge in [0.15, 0.2) is 0 Å². The van der Waals surface area contributed by atoms with E-state index in [4.69, 9.17) is 5.11 Å². The Hall–Kier alpha value is -2.37. The van der Waals surface area contributed by atoms with Crippen LogP contribution in [0.4, 0.5) is 0 Å². The topological polar surface area (TPSA) is 95.5 Å². The second-order valence-electron chi connectivity index (χ2n) is 4.73. The zero-order valence-corrected chi connectivity index (χ0v) is 10.8. The number of rotatable bonds is 5. The van der Waals surface area contributed by atoms with Crippen molar-refractivity contribution in [2.45, 2.75) is 31.3 Å². The second kappa shape index (κ2) is 6.18. The molecule has 1 heterocycles. The molecular weight excluding hydrogens is 260 g/mol. The largest absolute Gasteiger partial charge is 0.481 e. The van der Waals surface area contributed by atoms with Crippen molar-refractivity contribution in [2.24, 2.45) is 0 Å². The highest BCUT2D eigenvalue weighted by atomic mass is 16.4. The SMILES string of the molecule is O=C(O)CC(NC(=O)[C@H]1CCC(=O)N1)c1ccccc1. The van der Waals surface area contributed by atoms with E-state index in [1.54, 1.807) is 24.3 Å². The van der Waals surface area contributed by atoms with Gasteiger partial charge in [-0.1, -0.05) is 30.3 Å². The fraction of sp³-hybridized carbons (Fsp3) is 0.357. The third-order valence-corrected chi connectivity index (χ3v) is 3.21. The summed E-state index contributed by atoms with van der Waals surface area (Å²) >= 11 is 0. The number of aliphatic carboxylic acids is 1. The summed E-state index contributed by atoms with van der Waals surface area (Å²) in [6.07, 6.45) is 0.572. The van der Waals surface area contributed by atoms with E-state index in [0.29, 0.717) is 12.8 Å². The third kappa shape index (κ3) is 3.57. The molecule has 3 N–H and O–H groups in total. The molecule has 1 fully saturated rings. The predicted molar refractivity (Wildman–Crippen MR) is 70.7 cm³/mol. The van der Waals surface area contributed by atoms with Gasteiger partial charge in [-0.15, -0.1) is 0 Å². The van der Waals surface area contributed by atoms with Crippen LogP contribution in [0.3, 0.4) is 0 Å². The molecule has 0 bridgehead atoms. The maximum absolute atomic E-state index is 12.0. The number of carboxylic acids is 1. The van der Waals surface area contributed by atoms with Gasteiger partial charge in [0.25, 0.3) is 0 Å². The van der Waals surface area contributed by atoms with Crippen LogP contribution in [0.2, 0.25) is 0 Å². The Balaban J connectivity index is 2.06. The van der Waals surface area contributed by atoms with Gasteiger partial charge in [-0.25, -0.2) is 0 Å². The van der Waals surface area contributed by atoms with Crippen LogP contribution in [0.1, 0.15) is 30.9 Å². The van der Waals surface area contributed by atoms with Gasteiger partial charge in [0.1, 0.15) is 6.04 Å². The monoisotopic (exact) mass is 276 g/mol. The summed E-state index contributed by atoms with van der Waals surface area (Å²) in [5.74, 6) is -1.49. The molecule has 2 rings (SSSR count). The van der Waals surface area contributed by atoms with E-state index in [9.17, 15) is 14.4 Å². The molecule has 1 aliphatic rings. The summed E-state index contributed by atoms with van der Waals surface area (Å²) in [6.45, 7) is 0. The molecule has 0 radical (unpaired) electrons. The Morgan fingerprint density at radius 3 is 2.60 bits per heavy atom. The van der Waals surface area contributed by atoms with Gasteiger partial charge in [-0.3, -0.25) is 14.4 Å². The van der Waals surface area contributed by atoms with Crippen molar-refractivity contribution >= 4 is 17.8 Å². The second-order valence-corrected chi connectivity index (χ2v) is 4.73. The zero-order valence-electron chi connectivity index (χ0n) is 10.8. The van der Waals surface area contributed by atoms with Gasteiger partial charge in [0.05, 0.1) is 12.5 Å². The lowest BCUT2D eigenvalue weighted by atomic mass is 10.0. The minimum Gasteiger partial charge on any atom is -0.481 e. The first-order valence-electron chi connectivity index (χ1n) is 6.42. The average molecular weight is 276 g/mol. The zero-order chi connectivity index (χ0) is 14.5. The van der Waals surface area contributed by atoms with E-state index < -0.39 is 18.1 Å². The molecule has 6 heteroatoms. The van der Waals surface area contributed by atoms with E-state index in [-0.39, 0.29) is 18.2 Å². The Labute approximate surface area is 116 Å². The van der Waals surface area contributed by atoms with E-state index in [2.05, 4.69) is 10.6 Å². The van der Waals surface area contributed by atoms with Gasteiger partial charge < -0.3 is 15.7 Å². The highest BCUT2D eigenvalue weighted by Gasteiger charge is 2.29. The molecule has 1 aromatic carbocycles. The molecule has 0 saturated carbocycles. The number of amides is 2. The molecule has 106 valence electrons. The number of hydrogen-bond donors (Lipinski definition) is 3. The van der Waals surface area contributed by atoms with Crippen molar-refractivity contribution in [1.82, 2.24) is 10.6 Å². The van der Waals surface area contributed by atoms with E-state index in [0.717, 1.165) is 5.56 Å². The first-order chi connectivity index (χ1) is 9.56. The van der Waals surface area contributed by atoms with E-state index in [1.165, 1.54) is 0 Å². The fourth-order valence-electron chi connectivity index (χ4n) is 2.20. The number of carboxylic acid groups (broad SMARTS) is 1. The van der Waals surface area contributed by atoms with Gasteiger partial charge in [0, 0.05) is 6.42 Å². The lowest BCUT2D eigenvalue weighted by Gasteiger charge is -2.19. The molecule has 2 amide bonds. The van der Waals surface area contributed by atoms with Gasteiger partial charge >= 0.3 is 5.97 Å². The third-order valence-electron chi connectivity index (χ3n) is 3.21. The van der Waals surface area contributed by atoms with Gasteiger partial charge in [-0.2, -0.15) is 0 Å². The maximum Gasteiger partial charge on any atom is 0.305 e. The smallest absolute Gasteiger partial charge is 0.305 e. The average Bonchev–Trinajstić information content (AvgIpc) is 2.85. The molecule has 0 spiro atoms. The summed E-state index contributed by atoms with van der Waals surface area (Å²) in [4.78, 5) is 34.1. The van der Waals surface area contributed by atoms with Crippen LogP contribution < -0.4 is 10.6 Å². The molecule has 1 aliphatic heterocycles. The Kier molecular flexibility index (Phi) is 4.34. The van der Waals surface area contributed by atoms with Crippen LogP contribution in [0.5, 0.6) is 0 Å². The predicted octanol–water partition coefficient (Wildman–Crippen LogP) is 0.597. The molecule has 0 aromatic heterocycles. The summed E-state index contributed by atoms with van der Waals surface area (Å²) in [5.41, 5.74) is 0.729. The summed E-state index contributed by atoms with van der Waals surface area (Å²) in [6, 6.07) is 7.76. The number of nitrogens with one attached hydrogen (secondary N) is 2. The first-order valence-corrected chi connectivity index (χ1v) is 6.42. The Morgan fingerprint density at radius 2 is 2.05 bits per heavy atom. The highest BCUT2D eigenvalue weighted by Crippen LogP contribution is 2.17. The van der Waals surface area contributed by atoms with Crippen molar-refractivity contribution in [3.63, 3.8) is 0 Å². The highest BCUT2D eigenvalue weighted by molar-refractivity contribution is 5.91. The molecule has 1 saturated heterocycles. The van der Waals surface area contributed by atoms with Crippen molar-refractivity contribution < 1.29 is 19.5 Å². The lowest BCUT2D eigenvalue weighted by molar-refractivity contribution is -0.138. The van der Waals surface area contributed by atoms with E-state index in [1.807, 2.05) is 6.07 Å². The lowest BCUT2D eigenvalue weighted by Crippen LogP contribution is -2.43. The number of carbonyl (C=O) groups excluding carboxylic acids is 2. The maximum atomic E-state index is 12.0. The minimum atomic E-state index is -0.991. The first kappa shape index (κ1) is 14.0. The molecule has 6 nitrogen and oxygen atoms in total. The fourth-order valence-corrected chi connectivity index (χ4v) is 2.20. The molecule has 1 unspecified atom stereocenters. The standard InChI is InChI=1S/C14H16N2O4/c17-12-7-6-10(15-12)14(20)16-11(8-13(18)19)9-4-2-1-3-5-9/h1-5,10-11H,6-8H2,(H,15,17)(H,16,20)(H,18,19)/t10-,11?/m1/s1. The van der Waals surface area contributed by atoms with Crippen LogP contribution in [0.15, 0.2) is 30.3 Å².